The van der Waals surface area contributed by atoms with Crippen LogP contribution in [0.1, 0.15) is 19.8 Å². The number of nitrogens with two attached hydrogens (primary N) is 1. The quantitative estimate of drug-likeness (QED) is 0.658. The minimum atomic E-state index is -0.931. The average molecular weight is 225 g/mol. The Bertz CT molecular complexity index is 362. The van der Waals surface area contributed by atoms with Crippen LogP contribution < -0.4 is 5.73 Å². The molecule has 1 spiro atoms. The number of amides is 4. The van der Waals surface area contributed by atoms with E-state index in [0.29, 0.717) is 19.4 Å². The van der Waals surface area contributed by atoms with Gasteiger partial charge in [-0.1, -0.05) is 0 Å². The van der Waals surface area contributed by atoms with E-state index in [-0.39, 0.29) is 24.9 Å². The van der Waals surface area contributed by atoms with Crippen LogP contribution in [-0.4, -0.2) is 47.3 Å². The van der Waals surface area contributed by atoms with Crippen LogP contribution in [0.2, 0.25) is 0 Å². The van der Waals surface area contributed by atoms with Crippen LogP contribution in [-0.2, 0) is 9.59 Å². The Labute approximate surface area is 93.4 Å². The maximum atomic E-state index is 12.0. The number of hydrogen-bond acceptors (Lipinski definition) is 4. The van der Waals surface area contributed by atoms with E-state index >= 15 is 0 Å². The summed E-state index contributed by atoms with van der Waals surface area (Å²) in [6.07, 6.45) is 1.10. The number of imide groups is 2. The monoisotopic (exact) mass is 225 g/mol. The first-order valence-electron chi connectivity index (χ1n) is 5.46. The van der Waals surface area contributed by atoms with Gasteiger partial charge in [-0.3, -0.25) is 19.4 Å². The van der Waals surface area contributed by atoms with E-state index in [0.717, 1.165) is 9.80 Å². The topological polar surface area (TPSA) is 83.7 Å². The van der Waals surface area contributed by atoms with Crippen molar-refractivity contribution in [2.75, 3.05) is 19.6 Å². The lowest BCUT2D eigenvalue weighted by atomic mass is 10.0. The molecule has 2 aliphatic rings. The third-order valence-electron chi connectivity index (χ3n) is 3.19. The molecule has 1 heterocycles. The van der Waals surface area contributed by atoms with Crippen molar-refractivity contribution < 1.29 is 14.4 Å². The van der Waals surface area contributed by atoms with Crippen LogP contribution in [0.5, 0.6) is 0 Å². The number of nitrogens with zero attached hydrogens (tertiary/aromatic N) is 2. The molecular weight excluding hydrogens is 210 g/mol. The Morgan fingerprint density at radius 2 is 1.75 bits per heavy atom. The molecule has 0 radical (unpaired) electrons. The first-order valence-corrected chi connectivity index (χ1v) is 5.46. The van der Waals surface area contributed by atoms with E-state index in [1.165, 1.54) is 0 Å². The van der Waals surface area contributed by atoms with Crippen molar-refractivity contribution in [1.82, 2.24) is 9.80 Å². The lowest BCUT2D eigenvalue weighted by Crippen LogP contribution is -2.61. The van der Waals surface area contributed by atoms with Crippen molar-refractivity contribution >= 4 is 17.8 Å². The van der Waals surface area contributed by atoms with Gasteiger partial charge in [0.25, 0.3) is 0 Å². The Hall–Kier alpha value is -1.43. The molecule has 6 heteroatoms. The molecule has 2 fully saturated rings. The zero-order valence-electron chi connectivity index (χ0n) is 9.23. The first-order chi connectivity index (χ1) is 7.58. The summed E-state index contributed by atoms with van der Waals surface area (Å²) >= 11 is 0. The Kier molecular flexibility index (Phi) is 2.46. The van der Waals surface area contributed by atoms with Gasteiger partial charge in [-0.2, -0.15) is 0 Å². The molecule has 0 unspecified atom stereocenters. The van der Waals surface area contributed by atoms with E-state index in [1.54, 1.807) is 6.92 Å². The standard InChI is InChI=1S/C10H15N3O3/c1-2-12-7(14)10(3-4-10)8(15)13(6-5-11)9(12)16/h2-6,11H2,1H3. The third-order valence-corrected chi connectivity index (χ3v) is 3.19. The average Bonchev–Trinajstić information content (AvgIpc) is 3.05. The van der Waals surface area contributed by atoms with Crippen molar-refractivity contribution in [3.05, 3.63) is 0 Å². The summed E-state index contributed by atoms with van der Waals surface area (Å²) in [5, 5.41) is 0. The third kappa shape index (κ3) is 1.26. The molecule has 2 rings (SSSR count). The maximum absolute atomic E-state index is 12.0. The van der Waals surface area contributed by atoms with Gasteiger partial charge >= 0.3 is 6.03 Å². The van der Waals surface area contributed by atoms with Crippen LogP contribution >= 0.6 is 0 Å². The molecule has 0 aromatic heterocycles. The zero-order valence-corrected chi connectivity index (χ0v) is 9.23. The summed E-state index contributed by atoms with van der Waals surface area (Å²) in [5.74, 6) is -0.698. The molecular formula is C10H15N3O3. The highest BCUT2D eigenvalue weighted by atomic mass is 16.2. The van der Waals surface area contributed by atoms with Crippen LogP contribution in [0, 0.1) is 5.41 Å². The fourth-order valence-electron chi connectivity index (χ4n) is 2.09. The van der Waals surface area contributed by atoms with E-state index < -0.39 is 11.4 Å². The smallest absolute Gasteiger partial charge is 0.329 e. The number of carbonyl (C=O) groups excluding carboxylic acids is 3. The van der Waals surface area contributed by atoms with E-state index in [4.69, 9.17) is 5.73 Å². The van der Waals surface area contributed by atoms with Gasteiger partial charge in [0.15, 0.2) is 0 Å². The molecule has 1 aliphatic heterocycles. The van der Waals surface area contributed by atoms with Crippen LogP contribution in [0.4, 0.5) is 4.79 Å². The van der Waals surface area contributed by atoms with E-state index in [9.17, 15) is 14.4 Å². The molecule has 2 N–H and O–H groups in total. The van der Waals surface area contributed by atoms with Crippen molar-refractivity contribution in [3.63, 3.8) is 0 Å². The molecule has 6 nitrogen and oxygen atoms in total. The number of carbonyl (C=O) groups is 3. The highest BCUT2D eigenvalue weighted by molar-refractivity contribution is 6.20. The van der Waals surface area contributed by atoms with Gasteiger partial charge in [-0.15, -0.1) is 0 Å². The highest BCUT2D eigenvalue weighted by Gasteiger charge is 2.64. The predicted molar refractivity (Wildman–Crippen MR) is 55.2 cm³/mol. The Balaban J connectivity index is 2.32. The van der Waals surface area contributed by atoms with Crippen molar-refractivity contribution in [2.24, 2.45) is 11.1 Å². The minimum absolute atomic E-state index is 0.184. The largest absolute Gasteiger partial charge is 0.333 e. The summed E-state index contributed by atoms with van der Waals surface area (Å²) in [6.45, 7) is 2.43. The Morgan fingerprint density at radius 3 is 2.19 bits per heavy atom. The normalized spacial score (nSPS) is 23.2. The van der Waals surface area contributed by atoms with Gasteiger partial charge < -0.3 is 5.73 Å². The van der Waals surface area contributed by atoms with Crippen LogP contribution in [0.3, 0.4) is 0 Å². The summed E-state index contributed by atoms with van der Waals surface area (Å²) in [5.41, 5.74) is 4.43. The molecule has 0 atom stereocenters. The van der Waals surface area contributed by atoms with Gasteiger partial charge in [0, 0.05) is 19.6 Å². The molecule has 1 saturated carbocycles. The summed E-state index contributed by atoms with van der Waals surface area (Å²) < 4.78 is 0. The van der Waals surface area contributed by atoms with Gasteiger partial charge in [0.05, 0.1) is 0 Å². The second-order valence-electron chi connectivity index (χ2n) is 4.16. The lowest BCUT2D eigenvalue weighted by Gasteiger charge is -2.36. The van der Waals surface area contributed by atoms with Crippen molar-refractivity contribution in [1.29, 1.82) is 0 Å². The van der Waals surface area contributed by atoms with Crippen molar-refractivity contribution in [2.45, 2.75) is 19.8 Å². The predicted octanol–water partition coefficient (Wildman–Crippen LogP) is -0.464. The number of barbiturate groups is 1. The lowest BCUT2D eigenvalue weighted by molar-refractivity contribution is -0.151. The summed E-state index contributed by atoms with van der Waals surface area (Å²) in [4.78, 5) is 38.0. The molecule has 88 valence electrons. The van der Waals surface area contributed by atoms with Gasteiger partial charge in [-0.05, 0) is 19.8 Å². The van der Waals surface area contributed by atoms with Gasteiger partial charge in [0.2, 0.25) is 11.8 Å². The number of rotatable bonds is 3. The van der Waals surface area contributed by atoms with Gasteiger partial charge in [-0.25, -0.2) is 4.79 Å². The molecule has 1 aliphatic carbocycles. The number of hydrogen-bond donors (Lipinski definition) is 1. The van der Waals surface area contributed by atoms with Crippen molar-refractivity contribution in [3.8, 4) is 0 Å². The SMILES string of the molecule is CCN1C(=O)N(CCN)C(=O)C2(CC2)C1=O. The fraction of sp³-hybridized carbons (Fsp3) is 0.700. The fourth-order valence-corrected chi connectivity index (χ4v) is 2.09. The molecule has 4 amide bonds. The molecule has 0 bridgehead atoms. The van der Waals surface area contributed by atoms with E-state index in [1.807, 2.05) is 0 Å². The molecule has 0 aromatic rings. The second kappa shape index (κ2) is 3.55. The first kappa shape index (κ1) is 11.1. The minimum Gasteiger partial charge on any atom is -0.329 e. The Morgan fingerprint density at radius 1 is 1.19 bits per heavy atom. The van der Waals surface area contributed by atoms with Gasteiger partial charge in [0.1, 0.15) is 5.41 Å². The molecule has 16 heavy (non-hydrogen) atoms. The molecule has 1 saturated heterocycles. The van der Waals surface area contributed by atoms with Crippen LogP contribution in [0.25, 0.3) is 0 Å². The summed E-state index contributed by atoms with van der Waals surface area (Å²) in [7, 11) is 0. The number of urea groups is 1. The van der Waals surface area contributed by atoms with E-state index in [2.05, 4.69) is 0 Å². The van der Waals surface area contributed by atoms with Crippen LogP contribution in [0.15, 0.2) is 0 Å². The highest BCUT2D eigenvalue weighted by Crippen LogP contribution is 2.50. The molecule has 0 aromatic carbocycles. The zero-order chi connectivity index (χ0) is 11.9. The summed E-state index contributed by atoms with van der Waals surface area (Å²) in [6, 6.07) is -0.527. The second-order valence-corrected chi connectivity index (χ2v) is 4.16. The maximum Gasteiger partial charge on any atom is 0.333 e.